The number of esters is 1. The van der Waals surface area contributed by atoms with Gasteiger partial charge < -0.3 is 24.3 Å². The largest absolute Gasteiger partial charge is 0.507 e. The number of nitrogens with zero attached hydrogens (tertiary/aromatic N) is 4. The maximum Gasteiger partial charge on any atom is 0.355 e. The van der Waals surface area contributed by atoms with Gasteiger partial charge in [0.25, 0.3) is 11.7 Å². The van der Waals surface area contributed by atoms with Crippen LogP contribution in [0.3, 0.4) is 0 Å². The van der Waals surface area contributed by atoms with Crippen molar-refractivity contribution in [2.24, 2.45) is 0 Å². The Labute approximate surface area is 202 Å². The Hall–Kier alpha value is -4.21. The lowest BCUT2D eigenvalue weighted by molar-refractivity contribution is -0.139. The summed E-state index contributed by atoms with van der Waals surface area (Å²) in [5.74, 6) is -2.35. The molecule has 182 valence electrons. The molecule has 0 spiro atoms. The molecule has 10 nitrogen and oxygen atoms in total. The van der Waals surface area contributed by atoms with Crippen LogP contribution in [0.1, 0.15) is 52.3 Å². The summed E-state index contributed by atoms with van der Waals surface area (Å²) >= 11 is 0. The summed E-state index contributed by atoms with van der Waals surface area (Å²) in [6.45, 7) is 6.16. The molecule has 2 N–H and O–H groups in total. The van der Waals surface area contributed by atoms with Gasteiger partial charge in [0.05, 0.1) is 24.5 Å². The van der Waals surface area contributed by atoms with Gasteiger partial charge in [-0.1, -0.05) is 0 Å². The van der Waals surface area contributed by atoms with E-state index in [9.17, 15) is 19.5 Å². The van der Waals surface area contributed by atoms with Gasteiger partial charge in [0, 0.05) is 49.1 Å². The van der Waals surface area contributed by atoms with Crippen LogP contribution in [-0.2, 0) is 20.9 Å². The molecule has 4 heterocycles. The highest BCUT2D eigenvalue weighted by Gasteiger charge is 2.46. The molecule has 1 fully saturated rings. The number of hydrogen-bond acceptors (Lipinski definition) is 7. The standard InChI is InChI=1S/C25H27N5O5/c1-4-35-25(34)20-15(2)18(16(3)28-20)22(31)19-21(17-6-8-26-9-7-17)30(24(33)23(19)32)12-5-11-29-13-10-27-14-29/h6-10,13-14,21,28,31H,4-5,11-12H2,1-3H3. The molecule has 1 aliphatic heterocycles. The highest BCUT2D eigenvalue weighted by Crippen LogP contribution is 2.40. The predicted octanol–water partition coefficient (Wildman–Crippen LogP) is 2.91. The molecule has 1 atom stereocenters. The average molecular weight is 478 g/mol. The molecule has 1 amide bonds. The number of rotatable bonds is 8. The van der Waals surface area contributed by atoms with Crippen LogP contribution in [0.5, 0.6) is 0 Å². The van der Waals surface area contributed by atoms with Crippen LogP contribution in [0, 0.1) is 13.8 Å². The summed E-state index contributed by atoms with van der Waals surface area (Å²) in [6.07, 6.45) is 8.93. The molecular formula is C25H27N5O5. The summed E-state index contributed by atoms with van der Waals surface area (Å²) in [6, 6.07) is 2.64. The van der Waals surface area contributed by atoms with E-state index in [4.69, 9.17) is 4.74 Å². The molecule has 0 bridgehead atoms. The van der Waals surface area contributed by atoms with E-state index < -0.39 is 23.7 Å². The molecule has 3 aromatic rings. The number of pyridine rings is 1. The number of likely N-dealkylation sites (tertiary alicyclic amines) is 1. The molecule has 0 radical (unpaired) electrons. The van der Waals surface area contributed by atoms with Crippen LogP contribution in [0.25, 0.3) is 5.76 Å². The minimum absolute atomic E-state index is 0.0237. The fourth-order valence-corrected chi connectivity index (χ4v) is 4.49. The maximum atomic E-state index is 13.2. The third kappa shape index (κ3) is 4.46. The van der Waals surface area contributed by atoms with Crippen molar-refractivity contribution < 1.29 is 24.2 Å². The van der Waals surface area contributed by atoms with Crippen molar-refractivity contribution in [3.05, 3.63) is 76.9 Å². The third-order valence-corrected chi connectivity index (χ3v) is 6.09. The summed E-state index contributed by atoms with van der Waals surface area (Å²) in [7, 11) is 0. The molecule has 10 heteroatoms. The van der Waals surface area contributed by atoms with Crippen molar-refractivity contribution in [3.8, 4) is 0 Å². The SMILES string of the molecule is CCOC(=O)c1[nH]c(C)c(C(O)=C2C(=O)C(=O)N(CCCn3ccnc3)C2c2ccncc2)c1C. The number of nitrogens with one attached hydrogen (secondary N) is 1. The summed E-state index contributed by atoms with van der Waals surface area (Å²) < 4.78 is 6.98. The first kappa shape index (κ1) is 23.9. The third-order valence-electron chi connectivity index (χ3n) is 6.09. The van der Waals surface area contributed by atoms with Crippen molar-refractivity contribution in [1.29, 1.82) is 0 Å². The maximum absolute atomic E-state index is 13.2. The van der Waals surface area contributed by atoms with Crippen molar-refractivity contribution in [1.82, 2.24) is 24.4 Å². The number of hydrogen-bond donors (Lipinski definition) is 2. The second kappa shape index (κ2) is 9.96. The number of aliphatic hydroxyl groups is 1. The lowest BCUT2D eigenvalue weighted by atomic mass is 9.94. The minimum atomic E-state index is -0.791. The van der Waals surface area contributed by atoms with Crippen LogP contribution in [-0.4, -0.2) is 60.3 Å². The Kier molecular flexibility index (Phi) is 6.81. The Morgan fingerprint density at radius 3 is 2.54 bits per heavy atom. The van der Waals surface area contributed by atoms with Gasteiger partial charge in [0.2, 0.25) is 0 Å². The number of aliphatic hydroxyl groups excluding tert-OH is 1. The molecule has 1 saturated heterocycles. The number of ether oxygens (including phenoxy) is 1. The molecule has 0 aliphatic carbocycles. The average Bonchev–Trinajstić information content (AvgIpc) is 3.53. The normalized spacial score (nSPS) is 17.2. The number of H-pyrrole nitrogens is 1. The number of aromatic nitrogens is 4. The van der Waals surface area contributed by atoms with E-state index in [1.807, 2.05) is 10.8 Å². The predicted molar refractivity (Wildman–Crippen MR) is 126 cm³/mol. The second-order valence-electron chi connectivity index (χ2n) is 8.27. The van der Waals surface area contributed by atoms with Gasteiger partial charge in [0.15, 0.2) is 0 Å². The summed E-state index contributed by atoms with van der Waals surface area (Å²) in [5, 5.41) is 11.4. The number of amides is 1. The van der Waals surface area contributed by atoms with E-state index in [0.717, 1.165) is 0 Å². The van der Waals surface area contributed by atoms with Gasteiger partial charge in [0.1, 0.15) is 11.5 Å². The van der Waals surface area contributed by atoms with Crippen LogP contribution < -0.4 is 0 Å². The lowest BCUT2D eigenvalue weighted by Crippen LogP contribution is -2.31. The van der Waals surface area contributed by atoms with Crippen LogP contribution in [0.4, 0.5) is 0 Å². The Bertz CT molecular complexity index is 1280. The second-order valence-corrected chi connectivity index (χ2v) is 8.27. The minimum Gasteiger partial charge on any atom is -0.507 e. The molecule has 1 unspecified atom stereocenters. The van der Waals surface area contributed by atoms with Crippen molar-refractivity contribution in [2.45, 2.75) is 39.8 Å². The Balaban J connectivity index is 1.77. The van der Waals surface area contributed by atoms with Crippen LogP contribution >= 0.6 is 0 Å². The van der Waals surface area contributed by atoms with E-state index in [-0.39, 0.29) is 23.6 Å². The lowest BCUT2D eigenvalue weighted by Gasteiger charge is -2.25. The van der Waals surface area contributed by atoms with Gasteiger partial charge in [-0.2, -0.15) is 0 Å². The van der Waals surface area contributed by atoms with Gasteiger partial charge in [-0.3, -0.25) is 14.6 Å². The van der Waals surface area contributed by atoms with E-state index in [1.165, 1.54) is 4.90 Å². The first-order valence-corrected chi connectivity index (χ1v) is 11.4. The zero-order valence-corrected chi connectivity index (χ0v) is 19.8. The quantitative estimate of drug-likeness (QED) is 0.221. The highest BCUT2D eigenvalue weighted by molar-refractivity contribution is 6.46. The molecule has 4 rings (SSSR count). The van der Waals surface area contributed by atoms with Crippen molar-refractivity contribution >= 4 is 23.4 Å². The number of imidazole rings is 1. The first-order chi connectivity index (χ1) is 16.8. The zero-order chi connectivity index (χ0) is 25.1. The number of Topliss-reactive ketones (excluding diaryl/α,β-unsaturated/α-hetero) is 1. The topological polar surface area (TPSA) is 130 Å². The Morgan fingerprint density at radius 1 is 1.14 bits per heavy atom. The van der Waals surface area contributed by atoms with Crippen molar-refractivity contribution in [2.75, 3.05) is 13.2 Å². The highest BCUT2D eigenvalue weighted by atomic mass is 16.5. The fraction of sp³-hybridized carbons (Fsp3) is 0.320. The molecule has 35 heavy (non-hydrogen) atoms. The van der Waals surface area contributed by atoms with E-state index in [2.05, 4.69) is 15.0 Å². The molecule has 1 aliphatic rings. The van der Waals surface area contributed by atoms with E-state index >= 15 is 0 Å². The van der Waals surface area contributed by atoms with E-state index in [1.54, 1.807) is 57.8 Å². The number of carbonyl (C=O) groups excluding carboxylic acids is 3. The van der Waals surface area contributed by atoms with E-state index in [0.29, 0.717) is 41.9 Å². The number of carbonyl (C=O) groups is 3. The van der Waals surface area contributed by atoms with Crippen molar-refractivity contribution in [3.63, 3.8) is 0 Å². The number of ketones is 1. The van der Waals surface area contributed by atoms with Gasteiger partial charge in [-0.05, 0) is 50.5 Å². The zero-order valence-electron chi connectivity index (χ0n) is 19.8. The fourth-order valence-electron chi connectivity index (χ4n) is 4.49. The van der Waals surface area contributed by atoms with Crippen LogP contribution in [0.2, 0.25) is 0 Å². The molecular weight excluding hydrogens is 450 g/mol. The first-order valence-electron chi connectivity index (χ1n) is 11.4. The summed E-state index contributed by atoms with van der Waals surface area (Å²) in [5.41, 5.74) is 2.06. The smallest absolute Gasteiger partial charge is 0.355 e. The van der Waals surface area contributed by atoms with Crippen LogP contribution in [0.15, 0.2) is 48.8 Å². The monoisotopic (exact) mass is 477 g/mol. The van der Waals surface area contributed by atoms with Gasteiger partial charge >= 0.3 is 5.97 Å². The Morgan fingerprint density at radius 2 is 1.89 bits per heavy atom. The molecule has 0 aromatic carbocycles. The number of aryl methyl sites for hydroxylation is 2. The molecule has 3 aromatic heterocycles. The summed E-state index contributed by atoms with van der Waals surface area (Å²) in [4.78, 5) is 51.2. The van der Waals surface area contributed by atoms with Gasteiger partial charge in [-0.15, -0.1) is 0 Å². The van der Waals surface area contributed by atoms with Gasteiger partial charge in [-0.25, -0.2) is 9.78 Å². The molecule has 0 saturated carbocycles. The number of aromatic amines is 1.